The summed E-state index contributed by atoms with van der Waals surface area (Å²) in [6.45, 7) is 3.95. The summed E-state index contributed by atoms with van der Waals surface area (Å²) in [4.78, 5) is 21.2. The van der Waals surface area contributed by atoms with Crippen LogP contribution in [-0.4, -0.2) is 35.8 Å². The third kappa shape index (κ3) is 16.6. The smallest absolute Gasteiger partial charge is 0.317 e. The highest BCUT2D eigenvalue weighted by Gasteiger charge is 2.09. The molecule has 0 fully saturated rings. The van der Waals surface area contributed by atoms with Gasteiger partial charge >= 0.3 is 11.9 Å². The number of alkyl halides is 2. The molecule has 15 heavy (non-hydrogen) atoms. The third-order valence-corrected chi connectivity index (χ3v) is 2.83. The Morgan fingerprint density at radius 1 is 0.933 bits per heavy atom. The maximum Gasteiger partial charge on any atom is 0.317 e. The fourth-order valence-corrected chi connectivity index (χ4v) is 0.542. The highest BCUT2D eigenvalue weighted by molar-refractivity contribution is 9.11. The van der Waals surface area contributed by atoms with Crippen molar-refractivity contribution in [3.63, 3.8) is 0 Å². The average Bonchev–Trinajstić information content (AvgIpc) is 2.18. The zero-order chi connectivity index (χ0) is 12.1. The molecule has 0 aliphatic carbocycles. The standard InChI is InChI=1S/C7H12O4.C2H4Br2/c1-3-10-6(8)5-7(9)11-4-2;3-1-2-4/h3-5H2,1-2H3;1-2H2. The Hall–Kier alpha value is -0.100. The van der Waals surface area contributed by atoms with Gasteiger partial charge in [-0.1, -0.05) is 31.9 Å². The minimum atomic E-state index is -0.536. The van der Waals surface area contributed by atoms with Crippen LogP contribution < -0.4 is 0 Å². The van der Waals surface area contributed by atoms with E-state index in [0.717, 1.165) is 10.7 Å². The van der Waals surface area contributed by atoms with Gasteiger partial charge in [0.2, 0.25) is 0 Å². The maximum absolute atomic E-state index is 10.6. The van der Waals surface area contributed by atoms with Gasteiger partial charge in [-0.15, -0.1) is 0 Å². The Labute approximate surface area is 107 Å². The fraction of sp³-hybridized carbons (Fsp3) is 0.778. The van der Waals surface area contributed by atoms with E-state index in [-0.39, 0.29) is 19.6 Å². The van der Waals surface area contributed by atoms with E-state index >= 15 is 0 Å². The van der Waals surface area contributed by atoms with Crippen molar-refractivity contribution in [1.82, 2.24) is 0 Å². The molecular formula is C9H16Br2O4. The molecule has 0 atom stereocenters. The largest absolute Gasteiger partial charge is 0.466 e. The Bertz CT molecular complexity index is 155. The first kappa shape index (κ1) is 17.3. The highest BCUT2D eigenvalue weighted by Crippen LogP contribution is 1.89. The van der Waals surface area contributed by atoms with Crippen LogP contribution in [0, 0.1) is 0 Å². The van der Waals surface area contributed by atoms with Crippen LogP contribution in [0.15, 0.2) is 0 Å². The Balaban J connectivity index is 0. The van der Waals surface area contributed by atoms with E-state index in [4.69, 9.17) is 0 Å². The Morgan fingerprint density at radius 3 is 1.47 bits per heavy atom. The van der Waals surface area contributed by atoms with Crippen molar-refractivity contribution in [2.24, 2.45) is 0 Å². The third-order valence-electron chi connectivity index (χ3n) is 0.971. The number of hydrogen-bond acceptors (Lipinski definition) is 4. The van der Waals surface area contributed by atoms with Gasteiger partial charge in [-0.25, -0.2) is 0 Å². The van der Waals surface area contributed by atoms with E-state index in [2.05, 4.69) is 41.3 Å². The molecule has 0 radical (unpaired) electrons. The van der Waals surface area contributed by atoms with Gasteiger partial charge in [0.1, 0.15) is 6.42 Å². The molecule has 0 saturated heterocycles. The van der Waals surface area contributed by atoms with Crippen molar-refractivity contribution in [1.29, 1.82) is 0 Å². The molecule has 0 saturated carbocycles. The zero-order valence-corrected chi connectivity index (χ0v) is 12.1. The molecule has 0 amide bonds. The molecule has 0 spiro atoms. The lowest BCUT2D eigenvalue weighted by Gasteiger charge is -2.00. The highest BCUT2D eigenvalue weighted by atomic mass is 79.9. The van der Waals surface area contributed by atoms with Crippen LogP contribution in [0.4, 0.5) is 0 Å². The summed E-state index contributed by atoms with van der Waals surface area (Å²) >= 11 is 6.40. The van der Waals surface area contributed by atoms with Gasteiger partial charge in [0, 0.05) is 10.7 Å². The minimum absolute atomic E-state index is 0.290. The summed E-state index contributed by atoms with van der Waals surface area (Å²) in [5.74, 6) is -1.07. The molecule has 4 nitrogen and oxygen atoms in total. The predicted octanol–water partition coefficient (Wildman–Crippen LogP) is 2.28. The van der Waals surface area contributed by atoms with Crippen LogP contribution in [0.2, 0.25) is 0 Å². The van der Waals surface area contributed by atoms with Crippen LogP contribution >= 0.6 is 31.9 Å². The Kier molecular flexibility index (Phi) is 16.0. The van der Waals surface area contributed by atoms with Crippen molar-refractivity contribution in [3.8, 4) is 0 Å². The zero-order valence-electron chi connectivity index (χ0n) is 8.92. The summed E-state index contributed by atoms with van der Waals surface area (Å²) in [6, 6.07) is 0. The van der Waals surface area contributed by atoms with Gasteiger partial charge in [-0.05, 0) is 13.8 Å². The molecule has 0 aliphatic heterocycles. The lowest BCUT2D eigenvalue weighted by molar-refractivity contribution is -0.153. The van der Waals surface area contributed by atoms with Crippen LogP contribution in [0.25, 0.3) is 0 Å². The van der Waals surface area contributed by atoms with Crippen LogP contribution in [0.3, 0.4) is 0 Å². The van der Waals surface area contributed by atoms with E-state index < -0.39 is 11.9 Å². The van der Waals surface area contributed by atoms with E-state index in [1.165, 1.54) is 0 Å². The number of halogens is 2. The van der Waals surface area contributed by atoms with Gasteiger partial charge in [0.25, 0.3) is 0 Å². The first-order valence-corrected chi connectivity index (χ1v) is 6.79. The van der Waals surface area contributed by atoms with Gasteiger partial charge < -0.3 is 9.47 Å². The van der Waals surface area contributed by atoms with E-state index in [1.54, 1.807) is 13.8 Å². The monoisotopic (exact) mass is 346 g/mol. The van der Waals surface area contributed by atoms with Crippen molar-refractivity contribution < 1.29 is 19.1 Å². The molecule has 6 heteroatoms. The topological polar surface area (TPSA) is 52.6 Å². The van der Waals surface area contributed by atoms with Crippen molar-refractivity contribution in [2.45, 2.75) is 20.3 Å². The quantitative estimate of drug-likeness (QED) is 0.435. The van der Waals surface area contributed by atoms with E-state index in [9.17, 15) is 9.59 Å². The van der Waals surface area contributed by atoms with Crippen molar-refractivity contribution in [2.75, 3.05) is 23.9 Å². The molecule has 0 aromatic carbocycles. The molecule has 0 unspecified atom stereocenters. The fourth-order valence-electron chi connectivity index (χ4n) is 0.542. The van der Waals surface area contributed by atoms with Gasteiger partial charge in [-0.3, -0.25) is 9.59 Å². The lowest BCUT2D eigenvalue weighted by atomic mass is 10.4. The molecular weight excluding hydrogens is 332 g/mol. The number of ether oxygens (including phenoxy) is 2. The van der Waals surface area contributed by atoms with Gasteiger partial charge in [-0.2, -0.15) is 0 Å². The number of carbonyl (C=O) groups excluding carboxylic acids is 2. The molecule has 0 heterocycles. The van der Waals surface area contributed by atoms with E-state index in [1.807, 2.05) is 0 Å². The second-order valence-corrected chi connectivity index (χ2v) is 3.75. The first-order chi connectivity index (χ1) is 7.12. The van der Waals surface area contributed by atoms with E-state index in [0.29, 0.717) is 0 Å². The van der Waals surface area contributed by atoms with Crippen molar-refractivity contribution in [3.05, 3.63) is 0 Å². The minimum Gasteiger partial charge on any atom is -0.466 e. The molecule has 0 aromatic rings. The molecule has 0 N–H and O–H groups in total. The van der Waals surface area contributed by atoms with Gasteiger partial charge in [0.05, 0.1) is 13.2 Å². The van der Waals surface area contributed by atoms with Crippen molar-refractivity contribution >= 4 is 43.8 Å². The Morgan fingerprint density at radius 2 is 1.27 bits per heavy atom. The SMILES string of the molecule is BrCCBr.CCOC(=O)CC(=O)OCC. The summed E-state index contributed by atoms with van der Waals surface area (Å²) in [7, 11) is 0. The molecule has 0 bridgehead atoms. The molecule has 0 aliphatic rings. The summed E-state index contributed by atoms with van der Waals surface area (Å²) in [5.41, 5.74) is 0. The maximum atomic E-state index is 10.6. The number of carbonyl (C=O) groups is 2. The number of esters is 2. The average molecular weight is 348 g/mol. The second-order valence-electron chi connectivity index (χ2n) is 2.16. The van der Waals surface area contributed by atoms with Crippen LogP contribution in [-0.2, 0) is 19.1 Å². The van der Waals surface area contributed by atoms with Crippen LogP contribution in [0.1, 0.15) is 20.3 Å². The predicted molar refractivity (Wildman–Crippen MR) is 65.5 cm³/mol. The number of rotatable bonds is 5. The number of hydrogen-bond donors (Lipinski definition) is 0. The molecule has 0 rings (SSSR count). The van der Waals surface area contributed by atoms with Crippen LogP contribution in [0.5, 0.6) is 0 Å². The summed E-state index contributed by atoms with van der Waals surface area (Å²) in [5, 5.41) is 2.10. The summed E-state index contributed by atoms with van der Waals surface area (Å²) < 4.78 is 9.04. The molecule has 0 aromatic heterocycles. The molecule has 90 valence electrons. The normalized spacial score (nSPS) is 8.53. The summed E-state index contributed by atoms with van der Waals surface area (Å²) in [6.07, 6.45) is -0.290. The first-order valence-electron chi connectivity index (χ1n) is 4.55. The second kappa shape index (κ2) is 13.9. The van der Waals surface area contributed by atoms with Gasteiger partial charge in [0.15, 0.2) is 0 Å². The lowest BCUT2D eigenvalue weighted by Crippen LogP contribution is -2.13.